The Morgan fingerprint density at radius 1 is 1.38 bits per heavy atom. The monoisotopic (exact) mass is 310 g/mol. The molecule has 1 aromatic rings. The Morgan fingerprint density at radius 3 is 2.57 bits per heavy atom. The molecule has 0 saturated carbocycles. The molecule has 2 rings (SSSR count). The van der Waals surface area contributed by atoms with Crippen molar-refractivity contribution in [2.75, 3.05) is 11.9 Å². The van der Waals surface area contributed by atoms with E-state index in [1.165, 1.54) is 0 Å². The molecule has 0 radical (unpaired) electrons. The van der Waals surface area contributed by atoms with Crippen LogP contribution in [-0.4, -0.2) is 29.5 Å². The number of hydrogen-bond acceptors (Lipinski definition) is 3. The van der Waals surface area contributed by atoms with Gasteiger partial charge >= 0.3 is 6.18 Å². The molecule has 1 aliphatic rings. The van der Waals surface area contributed by atoms with Crippen molar-refractivity contribution in [2.24, 2.45) is 0 Å². The predicted molar refractivity (Wildman–Crippen MR) is 63.1 cm³/mol. The third-order valence-corrected chi connectivity index (χ3v) is 3.00. The molecule has 116 valence electrons. The Labute approximate surface area is 115 Å². The molecule has 1 aromatic carbocycles. The Morgan fingerprint density at radius 2 is 2.05 bits per heavy atom. The van der Waals surface area contributed by atoms with Crippen molar-refractivity contribution < 1.29 is 31.9 Å². The third kappa shape index (κ3) is 3.60. The minimum absolute atomic E-state index is 0.234. The highest BCUT2D eigenvalue weighted by Crippen LogP contribution is 2.37. The van der Waals surface area contributed by atoms with Crippen LogP contribution < -0.4 is 10.6 Å². The van der Waals surface area contributed by atoms with E-state index in [4.69, 9.17) is 5.11 Å². The fourth-order valence-corrected chi connectivity index (χ4v) is 1.97. The molecule has 9 heteroatoms. The zero-order valence-corrected chi connectivity index (χ0v) is 10.5. The number of halogens is 5. The van der Waals surface area contributed by atoms with Crippen molar-refractivity contribution in [2.45, 2.75) is 24.6 Å². The zero-order valence-electron chi connectivity index (χ0n) is 10.5. The Bertz CT molecular complexity index is 559. The lowest BCUT2D eigenvalue weighted by Gasteiger charge is -2.14. The maximum absolute atomic E-state index is 12.9. The highest BCUT2D eigenvalue weighted by molar-refractivity contribution is 5.95. The molecule has 1 aliphatic heterocycles. The van der Waals surface area contributed by atoms with E-state index in [-0.39, 0.29) is 5.69 Å². The summed E-state index contributed by atoms with van der Waals surface area (Å²) >= 11 is 0. The van der Waals surface area contributed by atoms with Crippen LogP contribution >= 0.6 is 0 Å². The summed E-state index contributed by atoms with van der Waals surface area (Å²) in [6.45, 7) is -0.658. The van der Waals surface area contributed by atoms with Gasteiger partial charge in [-0.25, -0.2) is 8.78 Å². The van der Waals surface area contributed by atoms with E-state index in [0.717, 1.165) is 12.1 Å². The third-order valence-electron chi connectivity index (χ3n) is 3.00. The summed E-state index contributed by atoms with van der Waals surface area (Å²) in [5.74, 6) is -4.86. The van der Waals surface area contributed by atoms with Crippen LogP contribution in [-0.2, 0) is 11.0 Å². The standard InChI is InChI=1S/C12H11F5N2O2/c13-11(14)4-8(18-5-11)10(21)19-6-1-2-9(20)7(3-6)12(15,16)17/h1-3,8,18,20H,4-5H2,(H,19,21). The van der Waals surface area contributed by atoms with E-state index in [9.17, 15) is 26.7 Å². The molecule has 1 amide bonds. The predicted octanol–water partition coefficient (Wildman–Crippen LogP) is 2.35. The van der Waals surface area contributed by atoms with Crippen LogP contribution in [0.2, 0.25) is 0 Å². The van der Waals surface area contributed by atoms with Gasteiger partial charge in [-0.1, -0.05) is 0 Å². The second-order valence-corrected chi connectivity index (χ2v) is 4.71. The molecular formula is C12H11F5N2O2. The Balaban J connectivity index is 2.12. The topological polar surface area (TPSA) is 61.4 Å². The molecule has 1 unspecified atom stereocenters. The molecule has 1 saturated heterocycles. The maximum Gasteiger partial charge on any atom is 0.420 e. The average molecular weight is 310 g/mol. The summed E-state index contributed by atoms with van der Waals surface area (Å²) in [7, 11) is 0. The van der Waals surface area contributed by atoms with E-state index < -0.39 is 48.3 Å². The number of carbonyl (C=O) groups is 1. The van der Waals surface area contributed by atoms with Gasteiger partial charge in [0.15, 0.2) is 0 Å². The minimum Gasteiger partial charge on any atom is -0.507 e. The van der Waals surface area contributed by atoms with Gasteiger partial charge in [-0.3, -0.25) is 10.1 Å². The average Bonchev–Trinajstić information content (AvgIpc) is 2.71. The van der Waals surface area contributed by atoms with Gasteiger partial charge in [-0.2, -0.15) is 13.2 Å². The summed E-state index contributed by atoms with van der Waals surface area (Å²) in [6, 6.07) is 1.19. The van der Waals surface area contributed by atoms with Gasteiger partial charge in [-0.15, -0.1) is 0 Å². The number of amides is 1. The molecule has 0 bridgehead atoms. The van der Waals surface area contributed by atoms with Gasteiger partial charge in [0.2, 0.25) is 5.91 Å². The number of nitrogens with one attached hydrogen (secondary N) is 2. The van der Waals surface area contributed by atoms with Gasteiger partial charge in [0.25, 0.3) is 5.92 Å². The second kappa shape index (κ2) is 5.14. The molecule has 21 heavy (non-hydrogen) atoms. The first kappa shape index (κ1) is 15.5. The number of aromatic hydroxyl groups is 1. The summed E-state index contributed by atoms with van der Waals surface area (Å²) in [5.41, 5.74) is -1.55. The molecule has 0 aliphatic carbocycles. The van der Waals surface area contributed by atoms with Crippen molar-refractivity contribution in [3.05, 3.63) is 23.8 Å². The number of benzene rings is 1. The minimum atomic E-state index is -4.79. The van der Waals surface area contributed by atoms with Crippen LogP contribution in [0.25, 0.3) is 0 Å². The number of phenolic OH excluding ortho intramolecular Hbond substituents is 1. The van der Waals surface area contributed by atoms with Gasteiger partial charge in [0, 0.05) is 12.1 Å². The molecule has 1 fully saturated rings. The Hall–Kier alpha value is -1.90. The van der Waals surface area contributed by atoms with Crippen molar-refractivity contribution in [1.29, 1.82) is 0 Å². The summed E-state index contributed by atoms with van der Waals surface area (Å²) in [5, 5.41) is 13.5. The van der Waals surface area contributed by atoms with Gasteiger partial charge in [0.05, 0.1) is 18.2 Å². The van der Waals surface area contributed by atoms with E-state index in [2.05, 4.69) is 10.6 Å². The van der Waals surface area contributed by atoms with Gasteiger partial charge in [-0.05, 0) is 18.2 Å². The van der Waals surface area contributed by atoms with Crippen molar-refractivity contribution in [3.8, 4) is 5.75 Å². The fraction of sp³-hybridized carbons (Fsp3) is 0.417. The molecule has 3 N–H and O–H groups in total. The lowest BCUT2D eigenvalue weighted by Crippen LogP contribution is -2.35. The summed E-state index contributed by atoms with van der Waals surface area (Å²) in [4.78, 5) is 11.7. The SMILES string of the molecule is O=C(Nc1ccc(O)c(C(F)(F)F)c1)C1CC(F)(F)CN1. The van der Waals surface area contributed by atoms with E-state index >= 15 is 0 Å². The number of hydrogen-bond donors (Lipinski definition) is 3. The van der Waals surface area contributed by atoms with Crippen LogP contribution in [0.15, 0.2) is 18.2 Å². The molecule has 0 aromatic heterocycles. The fourth-order valence-electron chi connectivity index (χ4n) is 1.97. The summed E-state index contributed by atoms with van der Waals surface area (Å²) in [6.07, 6.45) is -5.51. The normalized spacial score (nSPS) is 21.3. The van der Waals surface area contributed by atoms with Crippen LogP contribution in [0.3, 0.4) is 0 Å². The number of rotatable bonds is 2. The van der Waals surface area contributed by atoms with Crippen LogP contribution in [0.1, 0.15) is 12.0 Å². The van der Waals surface area contributed by atoms with Crippen molar-refractivity contribution >= 4 is 11.6 Å². The van der Waals surface area contributed by atoms with Crippen molar-refractivity contribution in [3.63, 3.8) is 0 Å². The summed E-state index contributed by atoms with van der Waals surface area (Å²) < 4.78 is 63.6. The first-order valence-electron chi connectivity index (χ1n) is 5.91. The smallest absolute Gasteiger partial charge is 0.420 e. The quantitative estimate of drug-likeness (QED) is 0.580. The second-order valence-electron chi connectivity index (χ2n) is 4.71. The number of carbonyl (C=O) groups excluding carboxylic acids is 1. The highest BCUT2D eigenvalue weighted by atomic mass is 19.4. The molecule has 1 heterocycles. The first-order chi connectivity index (χ1) is 9.58. The van der Waals surface area contributed by atoms with Crippen molar-refractivity contribution in [1.82, 2.24) is 5.32 Å². The maximum atomic E-state index is 12.9. The van der Waals surface area contributed by atoms with E-state index in [0.29, 0.717) is 6.07 Å². The van der Waals surface area contributed by atoms with E-state index in [1.807, 2.05) is 0 Å². The number of alkyl halides is 5. The molecule has 4 nitrogen and oxygen atoms in total. The van der Waals surface area contributed by atoms with E-state index in [1.54, 1.807) is 0 Å². The van der Waals surface area contributed by atoms with Gasteiger partial charge < -0.3 is 10.4 Å². The molecule has 1 atom stereocenters. The molecule has 0 spiro atoms. The van der Waals surface area contributed by atoms with Crippen LogP contribution in [0.4, 0.5) is 27.6 Å². The largest absolute Gasteiger partial charge is 0.507 e. The van der Waals surface area contributed by atoms with Crippen LogP contribution in [0.5, 0.6) is 5.75 Å². The zero-order chi connectivity index (χ0) is 15.8. The van der Waals surface area contributed by atoms with Crippen LogP contribution in [0, 0.1) is 0 Å². The lowest BCUT2D eigenvalue weighted by molar-refractivity contribution is -0.138. The first-order valence-corrected chi connectivity index (χ1v) is 5.91. The molecular weight excluding hydrogens is 299 g/mol. The highest BCUT2D eigenvalue weighted by Gasteiger charge is 2.42. The number of phenols is 1. The lowest BCUT2D eigenvalue weighted by atomic mass is 10.1. The Kier molecular flexibility index (Phi) is 3.79. The number of anilines is 1. The van der Waals surface area contributed by atoms with Gasteiger partial charge in [0.1, 0.15) is 5.75 Å².